The minimum Gasteiger partial charge on any atom is -0.467 e. The van der Waals surface area contributed by atoms with E-state index in [0.717, 1.165) is 24.8 Å². The van der Waals surface area contributed by atoms with Crippen molar-refractivity contribution in [1.82, 2.24) is 14.1 Å². The molecule has 1 N–H and O–H groups in total. The molecule has 1 aliphatic heterocycles. The molecule has 8 nitrogen and oxygen atoms in total. The molecule has 3 rings (SSSR count). The Balaban J connectivity index is 1.48. The lowest BCUT2D eigenvalue weighted by molar-refractivity contribution is -0.123. The third-order valence-corrected chi connectivity index (χ3v) is 3.63. The molecule has 1 fully saturated rings. The molecule has 0 bridgehead atoms. The van der Waals surface area contributed by atoms with Crippen molar-refractivity contribution in [2.24, 2.45) is 0 Å². The Morgan fingerprint density at radius 1 is 1.41 bits per heavy atom. The standard InChI is InChI=1S/C13H16N4O4S/c18-11(14-8-10-2-1-5-20-10)9-21-13-12(15-22-16-13)17-3-6-19-7-4-17/h1-2,5H,3-4,6-9H2,(H,14,18). The lowest BCUT2D eigenvalue weighted by Gasteiger charge is -2.26. The molecule has 0 radical (unpaired) electrons. The van der Waals surface area contributed by atoms with Crippen molar-refractivity contribution < 1.29 is 18.7 Å². The first kappa shape index (κ1) is 14.8. The number of aromatic nitrogens is 2. The maximum absolute atomic E-state index is 11.8. The molecular weight excluding hydrogens is 308 g/mol. The zero-order valence-electron chi connectivity index (χ0n) is 11.9. The van der Waals surface area contributed by atoms with Gasteiger partial charge < -0.3 is 24.1 Å². The molecule has 22 heavy (non-hydrogen) atoms. The minimum atomic E-state index is -0.239. The Bertz CT molecular complexity index is 595. The molecule has 9 heteroatoms. The van der Waals surface area contributed by atoms with Crippen LogP contribution in [0.25, 0.3) is 0 Å². The molecule has 0 atom stereocenters. The summed E-state index contributed by atoms with van der Waals surface area (Å²) in [7, 11) is 0. The summed E-state index contributed by atoms with van der Waals surface area (Å²) in [6, 6.07) is 3.57. The number of nitrogens with zero attached hydrogens (tertiary/aromatic N) is 3. The summed E-state index contributed by atoms with van der Waals surface area (Å²) in [4.78, 5) is 13.8. The number of hydrogen-bond donors (Lipinski definition) is 1. The summed E-state index contributed by atoms with van der Waals surface area (Å²) in [5, 5.41) is 2.71. The van der Waals surface area contributed by atoms with E-state index in [2.05, 4.69) is 14.1 Å². The fourth-order valence-electron chi connectivity index (χ4n) is 2.02. The largest absolute Gasteiger partial charge is 0.467 e. The van der Waals surface area contributed by atoms with Crippen LogP contribution in [0.1, 0.15) is 5.76 Å². The van der Waals surface area contributed by atoms with Gasteiger partial charge in [-0.05, 0) is 12.1 Å². The number of morpholine rings is 1. The zero-order chi connectivity index (χ0) is 15.2. The number of carbonyl (C=O) groups excluding carboxylic acids is 1. The van der Waals surface area contributed by atoms with Crippen LogP contribution in [-0.2, 0) is 16.1 Å². The van der Waals surface area contributed by atoms with E-state index in [1.165, 1.54) is 0 Å². The van der Waals surface area contributed by atoms with E-state index in [1.807, 2.05) is 4.90 Å². The number of nitrogens with one attached hydrogen (secondary N) is 1. The smallest absolute Gasteiger partial charge is 0.271 e. The first-order valence-corrected chi connectivity index (χ1v) is 7.63. The Hall–Kier alpha value is -2.13. The first-order chi connectivity index (χ1) is 10.8. The minimum absolute atomic E-state index is 0.108. The van der Waals surface area contributed by atoms with Gasteiger partial charge in [-0.2, -0.15) is 4.37 Å². The van der Waals surface area contributed by atoms with Gasteiger partial charge in [-0.15, -0.1) is 4.37 Å². The van der Waals surface area contributed by atoms with E-state index in [9.17, 15) is 4.79 Å². The molecule has 0 spiro atoms. The maximum Gasteiger partial charge on any atom is 0.271 e. The van der Waals surface area contributed by atoms with E-state index in [-0.39, 0.29) is 12.5 Å². The molecule has 0 aromatic carbocycles. The topological polar surface area (TPSA) is 89.7 Å². The van der Waals surface area contributed by atoms with Crippen molar-refractivity contribution in [2.75, 3.05) is 37.8 Å². The second-order valence-corrected chi connectivity index (χ2v) is 5.17. The van der Waals surface area contributed by atoms with Crippen LogP contribution < -0.4 is 15.0 Å². The predicted octanol–water partition coefficient (Wildman–Crippen LogP) is 0.663. The Labute approximate surface area is 131 Å². The molecule has 1 amide bonds. The van der Waals surface area contributed by atoms with Gasteiger partial charge in [0.2, 0.25) is 5.82 Å². The van der Waals surface area contributed by atoms with Gasteiger partial charge >= 0.3 is 0 Å². The van der Waals surface area contributed by atoms with Gasteiger partial charge in [0, 0.05) is 13.1 Å². The normalized spacial score (nSPS) is 14.8. The third kappa shape index (κ3) is 3.74. The number of rotatable bonds is 6. The Morgan fingerprint density at radius 2 is 2.27 bits per heavy atom. The quantitative estimate of drug-likeness (QED) is 0.835. The average molecular weight is 324 g/mol. The van der Waals surface area contributed by atoms with Gasteiger partial charge in [-0.25, -0.2) is 0 Å². The van der Waals surface area contributed by atoms with Crippen LogP contribution in [0.2, 0.25) is 0 Å². The van der Waals surface area contributed by atoms with Crippen LogP contribution >= 0.6 is 11.7 Å². The first-order valence-electron chi connectivity index (χ1n) is 6.90. The summed E-state index contributed by atoms with van der Waals surface area (Å²) < 4.78 is 24.2. The van der Waals surface area contributed by atoms with Crippen molar-refractivity contribution in [3.05, 3.63) is 24.2 Å². The molecule has 0 saturated carbocycles. The molecule has 3 heterocycles. The summed E-state index contributed by atoms with van der Waals surface area (Å²) in [6.45, 7) is 3.02. The molecule has 1 saturated heterocycles. The van der Waals surface area contributed by atoms with Crippen molar-refractivity contribution in [3.8, 4) is 5.88 Å². The molecule has 1 aliphatic rings. The van der Waals surface area contributed by atoms with E-state index < -0.39 is 0 Å². The predicted molar refractivity (Wildman–Crippen MR) is 79.0 cm³/mol. The van der Waals surface area contributed by atoms with Crippen LogP contribution in [0.4, 0.5) is 5.82 Å². The highest BCUT2D eigenvalue weighted by molar-refractivity contribution is 6.99. The number of anilines is 1. The van der Waals surface area contributed by atoms with E-state index in [4.69, 9.17) is 13.9 Å². The zero-order valence-corrected chi connectivity index (χ0v) is 12.7. The molecular formula is C13H16N4O4S. The van der Waals surface area contributed by atoms with Crippen LogP contribution in [0, 0.1) is 0 Å². The maximum atomic E-state index is 11.8. The highest BCUT2D eigenvalue weighted by Crippen LogP contribution is 2.26. The lowest BCUT2D eigenvalue weighted by atomic mass is 10.4. The van der Waals surface area contributed by atoms with Gasteiger partial charge in [-0.3, -0.25) is 4.79 Å². The summed E-state index contributed by atoms with van der Waals surface area (Å²) >= 11 is 1.07. The van der Waals surface area contributed by atoms with Gasteiger partial charge in [0.05, 0.1) is 37.7 Å². The SMILES string of the molecule is O=C(COc1nsnc1N1CCOCC1)NCc1ccco1. The molecule has 2 aromatic rings. The van der Waals surface area contributed by atoms with Crippen LogP contribution in [0.5, 0.6) is 5.88 Å². The number of hydrogen-bond acceptors (Lipinski definition) is 8. The van der Waals surface area contributed by atoms with Crippen LogP contribution in [0.3, 0.4) is 0 Å². The fraction of sp³-hybridized carbons (Fsp3) is 0.462. The average Bonchev–Trinajstić information content (AvgIpc) is 3.23. The number of ether oxygens (including phenoxy) is 2. The van der Waals surface area contributed by atoms with Crippen molar-refractivity contribution in [2.45, 2.75) is 6.54 Å². The van der Waals surface area contributed by atoms with Gasteiger partial charge in [-0.1, -0.05) is 0 Å². The summed E-state index contributed by atoms with van der Waals surface area (Å²) in [6.07, 6.45) is 1.56. The second kappa shape index (κ2) is 7.23. The molecule has 0 unspecified atom stereocenters. The van der Waals surface area contributed by atoms with Gasteiger partial charge in [0.15, 0.2) is 6.61 Å². The highest BCUT2D eigenvalue weighted by atomic mass is 32.1. The number of amides is 1. The number of furan rings is 1. The Kier molecular flexibility index (Phi) is 4.86. The molecule has 2 aromatic heterocycles. The lowest BCUT2D eigenvalue weighted by Crippen LogP contribution is -2.37. The second-order valence-electron chi connectivity index (χ2n) is 4.64. The van der Waals surface area contributed by atoms with Crippen LogP contribution in [0.15, 0.2) is 22.8 Å². The van der Waals surface area contributed by atoms with Gasteiger partial charge in [0.25, 0.3) is 11.8 Å². The van der Waals surface area contributed by atoms with E-state index in [1.54, 1.807) is 18.4 Å². The fourth-order valence-corrected chi connectivity index (χ4v) is 2.54. The monoisotopic (exact) mass is 324 g/mol. The highest BCUT2D eigenvalue weighted by Gasteiger charge is 2.20. The van der Waals surface area contributed by atoms with Crippen molar-refractivity contribution >= 4 is 23.5 Å². The molecule has 0 aliphatic carbocycles. The summed E-state index contributed by atoms with van der Waals surface area (Å²) in [5.41, 5.74) is 0. The van der Waals surface area contributed by atoms with E-state index >= 15 is 0 Å². The van der Waals surface area contributed by atoms with Crippen molar-refractivity contribution in [3.63, 3.8) is 0 Å². The summed E-state index contributed by atoms with van der Waals surface area (Å²) in [5.74, 6) is 1.52. The van der Waals surface area contributed by atoms with Crippen LogP contribution in [-0.4, -0.2) is 47.6 Å². The van der Waals surface area contributed by atoms with E-state index in [0.29, 0.717) is 37.2 Å². The third-order valence-electron chi connectivity index (χ3n) is 3.13. The molecule has 118 valence electrons. The number of carbonyl (C=O) groups is 1. The van der Waals surface area contributed by atoms with Gasteiger partial charge in [0.1, 0.15) is 5.76 Å². The van der Waals surface area contributed by atoms with Crippen molar-refractivity contribution in [1.29, 1.82) is 0 Å². The Morgan fingerprint density at radius 3 is 3.05 bits per heavy atom.